The lowest BCUT2D eigenvalue weighted by Gasteiger charge is -2.04. The summed E-state index contributed by atoms with van der Waals surface area (Å²) < 4.78 is 0. The Hall–Kier alpha value is -2.69. The van der Waals surface area contributed by atoms with Gasteiger partial charge >= 0.3 is 0 Å². The van der Waals surface area contributed by atoms with Crippen molar-refractivity contribution >= 4 is 22.5 Å². The van der Waals surface area contributed by atoms with E-state index in [2.05, 4.69) is 20.3 Å². The fraction of sp³-hybridized carbons (Fsp3) is 0. The molecule has 5 nitrogen and oxygen atoms in total. The standard InChI is InChI=1S/C13H10N4O/c18-13(12-8-14-5-6-16-12)17-10-2-1-9-3-4-15-11(9)7-10/h1-8,15H,(H,17,18). The highest BCUT2D eigenvalue weighted by Crippen LogP contribution is 2.17. The zero-order chi connectivity index (χ0) is 12.4. The molecule has 0 saturated carbocycles. The molecular formula is C13H10N4O. The van der Waals surface area contributed by atoms with Crippen molar-refractivity contribution in [3.63, 3.8) is 0 Å². The van der Waals surface area contributed by atoms with Crippen LogP contribution in [0.15, 0.2) is 49.1 Å². The molecule has 2 heterocycles. The third-order valence-electron chi connectivity index (χ3n) is 2.61. The number of fused-ring (bicyclic) bond motifs is 1. The molecule has 3 aromatic rings. The van der Waals surface area contributed by atoms with E-state index in [1.54, 1.807) is 0 Å². The van der Waals surface area contributed by atoms with E-state index in [1.807, 2.05) is 30.5 Å². The summed E-state index contributed by atoms with van der Waals surface area (Å²) in [6, 6.07) is 7.65. The monoisotopic (exact) mass is 238 g/mol. The number of H-pyrrole nitrogens is 1. The van der Waals surface area contributed by atoms with Gasteiger partial charge in [-0.05, 0) is 23.6 Å². The minimum atomic E-state index is -0.269. The highest BCUT2D eigenvalue weighted by atomic mass is 16.1. The highest BCUT2D eigenvalue weighted by Gasteiger charge is 2.07. The number of carbonyl (C=O) groups is 1. The summed E-state index contributed by atoms with van der Waals surface area (Å²) in [5.74, 6) is -0.269. The maximum Gasteiger partial charge on any atom is 0.275 e. The van der Waals surface area contributed by atoms with Crippen molar-refractivity contribution in [2.24, 2.45) is 0 Å². The number of hydrogen-bond donors (Lipinski definition) is 2. The summed E-state index contributed by atoms with van der Waals surface area (Å²) in [4.78, 5) is 22.8. The first-order valence-corrected chi connectivity index (χ1v) is 5.47. The Morgan fingerprint density at radius 3 is 3.00 bits per heavy atom. The van der Waals surface area contributed by atoms with E-state index in [0.29, 0.717) is 5.69 Å². The van der Waals surface area contributed by atoms with Crippen LogP contribution in [0, 0.1) is 0 Å². The van der Waals surface area contributed by atoms with Crippen molar-refractivity contribution < 1.29 is 4.79 Å². The smallest absolute Gasteiger partial charge is 0.275 e. The maximum absolute atomic E-state index is 11.9. The van der Waals surface area contributed by atoms with Crippen LogP contribution in [0.1, 0.15) is 10.5 Å². The zero-order valence-corrected chi connectivity index (χ0v) is 9.42. The number of nitrogens with zero attached hydrogens (tertiary/aromatic N) is 2. The molecule has 2 N–H and O–H groups in total. The molecule has 0 radical (unpaired) electrons. The Morgan fingerprint density at radius 2 is 2.17 bits per heavy atom. The summed E-state index contributed by atoms with van der Waals surface area (Å²) >= 11 is 0. The number of aromatic nitrogens is 3. The second-order valence-electron chi connectivity index (χ2n) is 3.82. The van der Waals surface area contributed by atoms with Crippen LogP contribution in [0.25, 0.3) is 10.9 Å². The van der Waals surface area contributed by atoms with E-state index >= 15 is 0 Å². The van der Waals surface area contributed by atoms with Gasteiger partial charge in [0, 0.05) is 29.8 Å². The van der Waals surface area contributed by atoms with Crippen LogP contribution in [0.5, 0.6) is 0 Å². The van der Waals surface area contributed by atoms with E-state index in [9.17, 15) is 4.79 Å². The molecule has 1 amide bonds. The molecule has 0 atom stereocenters. The third kappa shape index (κ3) is 1.93. The minimum absolute atomic E-state index is 0.269. The molecule has 0 spiro atoms. The number of rotatable bonds is 2. The van der Waals surface area contributed by atoms with Crippen molar-refractivity contribution in [1.82, 2.24) is 15.0 Å². The molecular weight excluding hydrogens is 228 g/mol. The maximum atomic E-state index is 11.9. The van der Waals surface area contributed by atoms with Gasteiger partial charge in [-0.2, -0.15) is 0 Å². The van der Waals surface area contributed by atoms with Crippen molar-refractivity contribution in [3.05, 3.63) is 54.7 Å². The van der Waals surface area contributed by atoms with Crippen LogP contribution in [-0.4, -0.2) is 20.9 Å². The quantitative estimate of drug-likeness (QED) is 0.719. The zero-order valence-electron chi connectivity index (χ0n) is 9.42. The Kier molecular flexibility index (Phi) is 2.49. The van der Waals surface area contributed by atoms with Gasteiger partial charge in [-0.15, -0.1) is 0 Å². The molecule has 88 valence electrons. The molecule has 1 aromatic carbocycles. The number of anilines is 1. The van der Waals surface area contributed by atoms with Gasteiger partial charge in [0.25, 0.3) is 5.91 Å². The van der Waals surface area contributed by atoms with Crippen LogP contribution in [-0.2, 0) is 0 Å². The normalized spacial score (nSPS) is 10.4. The van der Waals surface area contributed by atoms with Crippen LogP contribution in [0.4, 0.5) is 5.69 Å². The predicted molar refractivity (Wildman–Crippen MR) is 68.3 cm³/mol. The van der Waals surface area contributed by atoms with Crippen LogP contribution in [0.3, 0.4) is 0 Å². The van der Waals surface area contributed by atoms with E-state index in [1.165, 1.54) is 18.6 Å². The Labute approximate surface area is 103 Å². The van der Waals surface area contributed by atoms with Gasteiger partial charge in [0.1, 0.15) is 5.69 Å². The van der Waals surface area contributed by atoms with Gasteiger partial charge in [0.2, 0.25) is 0 Å². The average Bonchev–Trinajstić information content (AvgIpc) is 2.87. The number of hydrogen-bond acceptors (Lipinski definition) is 3. The van der Waals surface area contributed by atoms with E-state index in [-0.39, 0.29) is 5.91 Å². The molecule has 5 heteroatoms. The molecule has 0 aliphatic rings. The first kappa shape index (κ1) is 10.5. The fourth-order valence-electron chi connectivity index (χ4n) is 1.74. The second kappa shape index (κ2) is 4.29. The Balaban J connectivity index is 1.86. The lowest BCUT2D eigenvalue weighted by atomic mass is 10.2. The van der Waals surface area contributed by atoms with Crippen LogP contribution in [0.2, 0.25) is 0 Å². The summed E-state index contributed by atoms with van der Waals surface area (Å²) in [5, 5.41) is 3.88. The lowest BCUT2D eigenvalue weighted by Crippen LogP contribution is -2.13. The molecule has 0 bridgehead atoms. The van der Waals surface area contributed by atoms with Crippen molar-refractivity contribution in [2.75, 3.05) is 5.32 Å². The fourth-order valence-corrected chi connectivity index (χ4v) is 1.74. The summed E-state index contributed by atoms with van der Waals surface area (Å²) in [6.07, 6.45) is 6.31. The molecule has 18 heavy (non-hydrogen) atoms. The molecule has 0 saturated heterocycles. The lowest BCUT2D eigenvalue weighted by molar-refractivity contribution is 0.102. The molecule has 0 unspecified atom stereocenters. The highest BCUT2D eigenvalue weighted by molar-refractivity contribution is 6.03. The van der Waals surface area contributed by atoms with Crippen molar-refractivity contribution in [2.45, 2.75) is 0 Å². The van der Waals surface area contributed by atoms with E-state index in [4.69, 9.17) is 0 Å². The average molecular weight is 238 g/mol. The number of nitrogens with one attached hydrogen (secondary N) is 2. The van der Waals surface area contributed by atoms with Gasteiger partial charge in [-0.3, -0.25) is 9.78 Å². The topological polar surface area (TPSA) is 70.7 Å². The SMILES string of the molecule is O=C(Nc1ccc2cc[nH]c2c1)c1cnccn1. The van der Waals surface area contributed by atoms with E-state index < -0.39 is 0 Å². The molecule has 3 rings (SSSR count). The minimum Gasteiger partial charge on any atom is -0.361 e. The van der Waals surface area contributed by atoms with Gasteiger partial charge in [-0.1, -0.05) is 6.07 Å². The largest absolute Gasteiger partial charge is 0.361 e. The van der Waals surface area contributed by atoms with Gasteiger partial charge in [-0.25, -0.2) is 4.98 Å². The molecule has 0 aliphatic carbocycles. The van der Waals surface area contributed by atoms with Crippen LogP contribution < -0.4 is 5.32 Å². The van der Waals surface area contributed by atoms with Crippen molar-refractivity contribution in [1.29, 1.82) is 0 Å². The van der Waals surface area contributed by atoms with E-state index in [0.717, 1.165) is 16.6 Å². The number of carbonyl (C=O) groups excluding carboxylic acids is 1. The molecule has 0 fully saturated rings. The van der Waals surface area contributed by atoms with Gasteiger partial charge < -0.3 is 10.3 Å². The van der Waals surface area contributed by atoms with Gasteiger partial charge in [0.15, 0.2) is 0 Å². The number of aromatic amines is 1. The molecule has 2 aromatic heterocycles. The second-order valence-corrected chi connectivity index (χ2v) is 3.82. The predicted octanol–water partition coefficient (Wildman–Crippen LogP) is 2.21. The van der Waals surface area contributed by atoms with Crippen molar-refractivity contribution in [3.8, 4) is 0 Å². The Morgan fingerprint density at radius 1 is 1.22 bits per heavy atom. The van der Waals surface area contributed by atoms with Crippen LogP contribution >= 0.6 is 0 Å². The number of benzene rings is 1. The Bertz CT molecular complexity index is 690. The summed E-state index contributed by atoms with van der Waals surface area (Å²) in [5.41, 5.74) is 2.00. The third-order valence-corrected chi connectivity index (χ3v) is 2.61. The first-order valence-electron chi connectivity index (χ1n) is 5.47. The first-order chi connectivity index (χ1) is 8.83. The summed E-state index contributed by atoms with van der Waals surface area (Å²) in [7, 11) is 0. The van der Waals surface area contributed by atoms with Gasteiger partial charge in [0.05, 0.1) is 6.20 Å². The summed E-state index contributed by atoms with van der Waals surface area (Å²) in [6.45, 7) is 0. The number of amides is 1. The molecule has 0 aliphatic heterocycles.